The first-order valence-electron chi connectivity index (χ1n) is 12.7. The number of nitrogens with one attached hydrogen (secondary N) is 2. The van der Waals surface area contributed by atoms with Crippen LogP contribution >= 0.6 is 0 Å². The Morgan fingerprint density at radius 2 is 2.08 bits per heavy atom. The number of aliphatic hydroxyl groups excluding tert-OH is 1. The molecule has 4 heterocycles. The summed E-state index contributed by atoms with van der Waals surface area (Å²) in [6.45, 7) is 7.90. The molecule has 0 fully saturated rings. The van der Waals surface area contributed by atoms with E-state index in [0.717, 1.165) is 37.2 Å². The molecule has 0 radical (unpaired) electrons. The topological polar surface area (TPSA) is 146 Å². The van der Waals surface area contributed by atoms with E-state index in [4.69, 9.17) is 5.73 Å². The maximum absolute atomic E-state index is 13.3. The fourth-order valence-electron chi connectivity index (χ4n) is 4.48. The van der Waals surface area contributed by atoms with Crippen LogP contribution in [-0.2, 0) is 28.0 Å². The Morgan fingerprint density at radius 1 is 1.27 bits per heavy atom. The highest BCUT2D eigenvalue weighted by molar-refractivity contribution is 6.05. The average molecular weight is 506 g/mol. The van der Waals surface area contributed by atoms with Crippen LogP contribution in [0.3, 0.4) is 0 Å². The smallest absolute Gasteiger partial charge is 0.250 e. The van der Waals surface area contributed by atoms with E-state index in [1.807, 2.05) is 19.1 Å². The van der Waals surface area contributed by atoms with Crippen molar-refractivity contribution >= 4 is 35.2 Å². The van der Waals surface area contributed by atoms with Gasteiger partial charge >= 0.3 is 0 Å². The van der Waals surface area contributed by atoms with Crippen LogP contribution in [0.1, 0.15) is 56.1 Å². The van der Waals surface area contributed by atoms with E-state index >= 15 is 0 Å². The van der Waals surface area contributed by atoms with E-state index in [2.05, 4.69) is 25.6 Å². The summed E-state index contributed by atoms with van der Waals surface area (Å²) in [5.74, 6) is 0.227. The molecule has 2 aromatic heterocycles. The van der Waals surface area contributed by atoms with Crippen LogP contribution in [0.5, 0.6) is 0 Å². The number of aliphatic imine (C=N–C) groups is 1. The zero-order valence-electron chi connectivity index (χ0n) is 21.7. The van der Waals surface area contributed by atoms with Gasteiger partial charge < -0.3 is 26.4 Å². The first-order chi connectivity index (χ1) is 17.7. The number of aromatic nitrogens is 2. The molecule has 196 valence electrons. The maximum atomic E-state index is 13.3. The largest absolute Gasteiger partial charge is 0.395 e. The summed E-state index contributed by atoms with van der Waals surface area (Å²) >= 11 is 0. The summed E-state index contributed by atoms with van der Waals surface area (Å²) in [6.07, 6.45) is 5.27. The highest BCUT2D eigenvalue weighted by Gasteiger charge is 2.33. The molecule has 2 aliphatic rings. The normalized spacial score (nSPS) is 15.0. The van der Waals surface area contributed by atoms with Gasteiger partial charge in [-0.05, 0) is 50.1 Å². The Hall–Kier alpha value is -3.63. The third-order valence-electron chi connectivity index (χ3n) is 6.66. The van der Waals surface area contributed by atoms with Gasteiger partial charge in [0.15, 0.2) is 5.82 Å². The monoisotopic (exact) mass is 505 g/mol. The number of pyridine rings is 2. The van der Waals surface area contributed by atoms with Gasteiger partial charge in [-0.15, -0.1) is 0 Å². The number of anilines is 1. The number of nitrogens with zero attached hydrogens (tertiary/aromatic N) is 4. The van der Waals surface area contributed by atoms with Crippen molar-refractivity contribution < 1.29 is 14.7 Å². The summed E-state index contributed by atoms with van der Waals surface area (Å²) < 4.78 is 0. The van der Waals surface area contributed by atoms with E-state index in [9.17, 15) is 14.7 Å². The van der Waals surface area contributed by atoms with Gasteiger partial charge in [-0.25, -0.2) is 9.98 Å². The molecule has 4 rings (SSSR count). The minimum Gasteiger partial charge on any atom is -0.395 e. The predicted molar refractivity (Wildman–Crippen MR) is 143 cm³/mol. The standard InChI is InChI=1S/C27H35N7O3/c1-4-9-34(10-11-35)25(36)18-12-17-5-6-22(32-24(17)33-23(28)14-18)27(2,3)26(37)31-20-13-19-15-29-8-7-21(19)30-16-20/h5-6,12-13,16,29,35H,4,7-11,14-15H2,1-3H3,(H,31,37)(H2,28,32,33). The lowest BCUT2D eigenvalue weighted by Crippen LogP contribution is -2.36. The Labute approximate surface area is 217 Å². The Balaban J connectivity index is 1.58. The fraction of sp³-hybridized carbons (Fsp3) is 0.444. The van der Waals surface area contributed by atoms with E-state index in [0.29, 0.717) is 34.9 Å². The van der Waals surface area contributed by atoms with Gasteiger partial charge in [0.05, 0.1) is 29.6 Å². The third-order valence-corrected chi connectivity index (χ3v) is 6.66. The number of carbonyl (C=O) groups is 2. The molecule has 0 aromatic carbocycles. The predicted octanol–water partition coefficient (Wildman–Crippen LogP) is 2.05. The minimum atomic E-state index is -0.971. The second-order valence-electron chi connectivity index (χ2n) is 9.91. The van der Waals surface area contributed by atoms with Gasteiger partial charge in [0.25, 0.3) is 0 Å². The van der Waals surface area contributed by atoms with Crippen LogP contribution < -0.4 is 16.4 Å². The van der Waals surface area contributed by atoms with E-state index in [-0.39, 0.29) is 37.2 Å². The van der Waals surface area contributed by atoms with Crippen molar-refractivity contribution in [2.24, 2.45) is 10.7 Å². The number of fused-ring (bicyclic) bond motifs is 2. The molecule has 0 aliphatic carbocycles. The lowest BCUT2D eigenvalue weighted by molar-refractivity contribution is -0.127. The molecule has 5 N–H and O–H groups in total. The molecule has 2 amide bonds. The van der Waals surface area contributed by atoms with Crippen LogP contribution in [-0.4, -0.2) is 63.9 Å². The van der Waals surface area contributed by atoms with Crippen LogP contribution in [0.25, 0.3) is 6.08 Å². The van der Waals surface area contributed by atoms with E-state index in [1.54, 1.807) is 37.1 Å². The summed E-state index contributed by atoms with van der Waals surface area (Å²) in [7, 11) is 0. The lowest BCUT2D eigenvalue weighted by atomic mass is 9.87. The molecule has 10 nitrogen and oxygen atoms in total. The first kappa shape index (κ1) is 26.4. The molecule has 0 saturated heterocycles. The second kappa shape index (κ2) is 11.2. The molecule has 2 aromatic rings. The summed E-state index contributed by atoms with van der Waals surface area (Å²) in [5.41, 5.74) is 9.64. The van der Waals surface area contributed by atoms with Gasteiger partial charge in [0.2, 0.25) is 11.8 Å². The first-order valence-corrected chi connectivity index (χ1v) is 12.7. The number of hydrogen-bond acceptors (Lipinski definition) is 8. The number of aliphatic hydroxyl groups is 1. The number of nitrogens with two attached hydrogens (primary N) is 1. The molecule has 37 heavy (non-hydrogen) atoms. The maximum Gasteiger partial charge on any atom is 0.250 e. The second-order valence-corrected chi connectivity index (χ2v) is 9.91. The molecule has 0 atom stereocenters. The summed E-state index contributed by atoms with van der Waals surface area (Å²) in [6, 6.07) is 5.55. The SMILES string of the molecule is CCCN(CCO)C(=O)C1=Cc2ccc(C(C)(C)C(=O)Nc3cnc4c(c3)CNCC4)nc2N=C(N)C1. The van der Waals surface area contributed by atoms with Crippen molar-refractivity contribution in [2.75, 3.05) is 31.6 Å². The Bertz CT molecular complexity index is 1250. The van der Waals surface area contributed by atoms with Crippen LogP contribution in [0.15, 0.2) is 35.0 Å². The van der Waals surface area contributed by atoms with Crippen molar-refractivity contribution in [3.8, 4) is 0 Å². The number of hydrogen-bond donors (Lipinski definition) is 4. The quantitative estimate of drug-likeness (QED) is 0.429. The summed E-state index contributed by atoms with van der Waals surface area (Å²) in [4.78, 5) is 41.7. The van der Waals surface area contributed by atoms with Crippen molar-refractivity contribution in [3.63, 3.8) is 0 Å². The van der Waals surface area contributed by atoms with Gasteiger partial charge in [-0.2, -0.15) is 0 Å². The van der Waals surface area contributed by atoms with Crippen molar-refractivity contribution in [1.29, 1.82) is 0 Å². The van der Waals surface area contributed by atoms with Crippen LogP contribution in [0.4, 0.5) is 11.5 Å². The van der Waals surface area contributed by atoms with Gasteiger partial charge in [-0.3, -0.25) is 14.6 Å². The summed E-state index contributed by atoms with van der Waals surface area (Å²) in [5, 5.41) is 15.7. The molecule has 2 aliphatic heterocycles. The molecule has 0 bridgehead atoms. The van der Waals surface area contributed by atoms with E-state index < -0.39 is 5.41 Å². The zero-order chi connectivity index (χ0) is 26.6. The molecule has 0 spiro atoms. The van der Waals surface area contributed by atoms with Crippen LogP contribution in [0, 0.1) is 0 Å². The van der Waals surface area contributed by atoms with Crippen molar-refractivity contribution in [3.05, 3.63) is 52.5 Å². The highest BCUT2D eigenvalue weighted by atomic mass is 16.3. The van der Waals surface area contributed by atoms with Crippen molar-refractivity contribution in [1.82, 2.24) is 20.2 Å². The molecule has 0 saturated carbocycles. The van der Waals surface area contributed by atoms with E-state index in [1.165, 1.54) is 0 Å². The number of amides is 2. The third kappa shape index (κ3) is 5.86. The molecule has 0 unspecified atom stereocenters. The van der Waals surface area contributed by atoms with Crippen molar-refractivity contribution in [2.45, 2.75) is 52.0 Å². The number of rotatable bonds is 8. The fourth-order valence-corrected chi connectivity index (χ4v) is 4.48. The van der Waals surface area contributed by atoms with Gasteiger partial charge in [-0.1, -0.05) is 6.92 Å². The van der Waals surface area contributed by atoms with Gasteiger partial charge in [0, 0.05) is 55.9 Å². The molecule has 10 heteroatoms. The zero-order valence-corrected chi connectivity index (χ0v) is 21.7. The highest BCUT2D eigenvalue weighted by Crippen LogP contribution is 2.31. The van der Waals surface area contributed by atoms with Crippen LogP contribution in [0.2, 0.25) is 0 Å². The Kier molecular flexibility index (Phi) is 7.99. The van der Waals surface area contributed by atoms with Gasteiger partial charge in [0.1, 0.15) is 5.84 Å². The average Bonchev–Trinajstić information content (AvgIpc) is 3.05. The molecular weight excluding hydrogens is 470 g/mol. The molecular formula is C27H35N7O3. The number of carbonyl (C=O) groups excluding carboxylic acids is 2. The minimum absolute atomic E-state index is 0.111. The number of amidine groups is 1. The Morgan fingerprint density at radius 3 is 2.84 bits per heavy atom. The lowest BCUT2D eigenvalue weighted by Gasteiger charge is -2.24.